The lowest BCUT2D eigenvalue weighted by Crippen LogP contribution is -2.17. The summed E-state index contributed by atoms with van der Waals surface area (Å²) in [5.41, 5.74) is 0. The molecule has 0 aromatic rings. The molecule has 0 aromatic carbocycles. The van der Waals surface area contributed by atoms with Gasteiger partial charge >= 0.3 is 5.97 Å². The van der Waals surface area contributed by atoms with E-state index in [1.54, 1.807) is 20.8 Å². The van der Waals surface area contributed by atoms with Gasteiger partial charge < -0.3 is 9.53 Å². The second-order valence-corrected chi connectivity index (χ2v) is 42.9. The van der Waals surface area contributed by atoms with Crippen molar-refractivity contribution >= 4 is 69.6 Å². The molecule has 5 unspecified atom stereocenters. The lowest BCUT2D eigenvalue weighted by atomic mass is 9.95. The third-order valence-electron chi connectivity index (χ3n) is 18.1. The summed E-state index contributed by atoms with van der Waals surface area (Å²) in [4.78, 5) is 130. The first-order valence-corrected chi connectivity index (χ1v) is 54.4. The first-order valence-electron chi connectivity index (χ1n) is 54.4. The molecule has 0 aromatic heterocycles. The maximum Gasteiger partial charge on any atom is 0.308 e. The molecule has 0 fully saturated rings. The Balaban J connectivity index is -0.0000000659. The molecule has 0 saturated heterocycles. The second-order valence-electron chi connectivity index (χ2n) is 42.9. The number of ether oxygens (including phenoxy) is 1. The van der Waals surface area contributed by atoms with Crippen molar-refractivity contribution in [2.45, 2.75) is 534 Å². The first kappa shape index (κ1) is 180. The number of unbranched alkanes of at least 4 members (excludes halogenated alkanes) is 2. The summed E-state index contributed by atoms with van der Waals surface area (Å²) in [7, 11) is 0. The normalized spacial score (nSPS) is 10.8. The highest BCUT2D eigenvalue weighted by atomic mass is 19.1. The summed E-state index contributed by atoms with van der Waals surface area (Å²) in [6.07, 6.45) is 41.5. The van der Waals surface area contributed by atoms with Gasteiger partial charge in [0.25, 0.3) is 0 Å². The topological polar surface area (TPSA) is 214 Å². The number of hydrogen-bond donors (Lipinski definition) is 0. The van der Waals surface area contributed by atoms with Gasteiger partial charge in [-0.05, 0) is 114 Å². The summed E-state index contributed by atoms with van der Waals surface area (Å²) in [5, 5.41) is 0. The van der Waals surface area contributed by atoms with Crippen LogP contribution in [0.15, 0.2) is 0 Å². The van der Waals surface area contributed by atoms with Crippen molar-refractivity contribution in [3.63, 3.8) is 0 Å². The van der Waals surface area contributed by atoms with Crippen molar-refractivity contribution in [1.29, 1.82) is 0 Å². The van der Waals surface area contributed by atoms with Crippen LogP contribution in [0.25, 0.3) is 0 Å². The Hall–Kier alpha value is -6.57. The number of alkyl halides is 3. The zero-order valence-electron chi connectivity index (χ0n) is 103. The second kappa shape index (κ2) is 133. The smallest absolute Gasteiger partial charge is 0.308 e. The zero-order chi connectivity index (χ0) is 117. The van der Waals surface area contributed by atoms with Crippen molar-refractivity contribution in [1.82, 2.24) is 0 Å². The van der Waals surface area contributed by atoms with Crippen LogP contribution in [0, 0.1) is 192 Å². The molecule has 0 saturated carbocycles. The van der Waals surface area contributed by atoms with Gasteiger partial charge in [-0.1, -0.05) is 372 Å². The van der Waals surface area contributed by atoms with Crippen LogP contribution in [0.4, 0.5) is 13.2 Å². The number of hydrogen-bond acceptors (Lipinski definition) is 13. The fourth-order valence-electron chi connectivity index (χ4n) is 6.96. The Labute approximate surface area is 879 Å². The van der Waals surface area contributed by atoms with E-state index in [4.69, 9.17) is 32.1 Å². The van der Waals surface area contributed by atoms with E-state index in [2.05, 4.69) is 152 Å². The molecule has 16 heteroatoms. The molecular formula is C125H241F3O13. The molecule has 840 valence electrons. The van der Waals surface area contributed by atoms with Gasteiger partial charge in [-0.3, -0.25) is 57.1 Å². The van der Waals surface area contributed by atoms with Gasteiger partial charge in [-0.2, -0.15) is 0 Å². The monoisotopic (exact) mass is 2010 g/mol. The van der Waals surface area contributed by atoms with Gasteiger partial charge in [0.15, 0.2) is 0 Å². The van der Waals surface area contributed by atoms with E-state index in [1.165, 1.54) is 20.3 Å². The molecule has 0 bridgehead atoms. The molecule has 0 amide bonds. The van der Waals surface area contributed by atoms with E-state index in [-0.39, 0.29) is 119 Å². The number of rotatable bonds is 42. The zero-order valence-corrected chi connectivity index (χ0v) is 103. The lowest BCUT2D eigenvalue weighted by Gasteiger charge is -2.12. The summed E-state index contributed by atoms with van der Waals surface area (Å²) < 4.78 is 40.8. The van der Waals surface area contributed by atoms with Gasteiger partial charge in [0.1, 0.15) is 69.8 Å². The Morgan fingerprint density at radius 2 is 0.546 bits per heavy atom. The van der Waals surface area contributed by atoms with E-state index in [9.17, 15) is 70.7 Å². The molecule has 0 radical (unpaired) electrons. The van der Waals surface area contributed by atoms with Crippen molar-refractivity contribution < 1.29 is 75.4 Å². The third-order valence-corrected chi connectivity index (χ3v) is 18.1. The number of halogens is 3. The highest BCUT2D eigenvalue weighted by Crippen LogP contribution is 2.16. The SMILES string of the molecule is C#CC(C)C.C#CC(C)C.C#CC(C)CC(=O)C(C)C.C#CCC.C#CCCC(=O)C(C)C.CC(=O)CCC(C)C.CC(C)C.CC(C)C.CC(C)C(=O)CC(C)C(C)F.CC(C)CC(=O)C(C)C.CC(C)CC(=O)C(C)C.CC(F)CCC(=O)C(C)C.CCC(C)C.CCC(C)CF.CCCC(=O)C(C)C.CCCC(=O)C(C)C.CCCCC(=O)C(C)C.CCCCC(=O)C(C)C.CCOC(=O)C(C)C. The van der Waals surface area contributed by atoms with E-state index < -0.39 is 12.3 Å². The third kappa shape index (κ3) is 224. The molecular weight excluding hydrogens is 1770 g/mol. The van der Waals surface area contributed by atoms with Crippen LogP contribution in [0.5, 0.6) is 0 Å². The molecule has 0 N–H and O–H groups in total. The number of Topliss-reactive ketones (excluding diaryl/α,β-unsaturated/α-hetero) is 11. The van der Waals surface area contributed by atoms with E-state index >= 15 is 0 Å². The number of ketones is 11. The fourth-order valence-corrected chi connectivity index (χ4v) is 6.96. The summed E-state index contributed by atoms with van der Waals surface area (Å²) in [6, 6.07) is 0. The quantitative estimate of drug-likeness (QED) is 0.0411. The minimum atomic E-state index is -0.877. The molecule has 0 rings (SSSR count). The largest absolute Gasteiger partial charge is 0.466 e. The van der Waals surface area contributed by atoms with Crippen molar-refractivity contribution in [3.8, 4) is 61.7 Å². The van der Waals surface area contributed by atoms with Crippen molar-refractivity contribution in [2.75, 3.05) is 13.3 Å². The standard InChI is InChI=1S/C9H17FO.C9H14O.C8H15FO.4C8H16O.C8H12O.3C7H14O.C6H12O2.C5H11F.C5H12.2C5H8.2C4H10.C4H6/c1-6(2)9(11)5-7(3)8(4)10;1-5-8(4)6-9(10)7(2)3;1-6(2)8(10)5-4-7(3)9;2*1-6(2)5-8(9)7(3)4;3*1-4-5-6-8(9)7(2)3;1-6(2)4-5-7(3)8;2*1-4-5-7(8)6(2)3;1-4-8-6(7)5(2)3;1-3-5(2)4-6;3*1-4-5(2)3;2*1-4(2)3;1-3-4-2/h6-8H,5H2,1-4H3;1,7-8H,6H2,2-4H3;6-7H,4-5H2,1-3H3;2*6-7H,5H2,1-4H3;2*7H,4-6H2,1-3H3;1,7H,5-6H2,2-3H3;3*6H,4-5H2,1-3H3;5H,4H2,1-3H3;5H,3-4H2,1-2H3;5H,4H2,1-3H3;2*1,5H,2-3H3;2*4H,1-3H3;1H,4H2,2H3. The molecule has 5 atom stereocenters. The highest BCUT2D eigenvalue weighted by molar-refractivity contribution is 5.84. The molecule has 0 aliphatic rings. The van der Waals surface area contributed by atoms with E-state index in [1.807, 2.05) is 222 Å². The van der Waals surface area contributed by atoms with Crippen LogP contribution in [-0.4, -0.2) is 95.2 Å². The number of carbonyl (C=O) groups excluding carboxylic acids is 12. The number of terminal acetylenes is 5. The van der Waals surface area contributed by atoms with Gasteiger partial charge in [0.05, 0.1) is 25.4 Å². The van der Waals surface area contributed by atoms with Crippen LogP contribution in [0.3, 0.4) is 0 Å². The molecule has 13 nitrogen and oxygen atoms in total. The Morgan fingerprint density at radius 1 is 0.291 bits per heavy atom. The molecule has 0 heterocycles. The number of carbonyl (C=O) groups is 12. The minimum Gasteiger partial charge on any atom is -0.466 e. The minimum absolute atomic E-state index is 0.00921. The Bertz CT molecular complexity index is 2870. The highest BCUT2D eigenvalue weighted by Gasteiger charge is 2.18. The van der Waals surface area contributed by atoms with Gasteiger partial charge in [0, 0.05) is 160 Å². The lowest BCUT2D eigenvalue weighted by molar-refractivity contribution is -0.146. The van der Waals surface area contributed by atoms with Crippen LogP contribution in [0.1, 0.15) is 522 Å². The van der Waals surface area contributed by atoms with Gasteiger partial charge in [-0.25, -0.2) is 8.78 Å². The maximum absolute atomic E-state index is 12.6. The van der Waals surface area contributed by atoms with E-state index in [0.29, 0.717) is 115 Å². The van der Waals surface area contributed by atoms with E-state index in [0.717, 1.165) is 120 Å². The van der Waals surface area contributed by atoms with Gasteiger partial charge in [0.2, 0.25) is 0 Å². The molecule has 0 spiro atoms. The van der Waals surface area contributed by atoms with Crippen LogP contribution < -0.4 is 0 Å². The van der Waals surface area contributed by atoms with Crippen LogP contribution in [0.2, 0.25) is 0 Å². The predicted molar refractivity (Wildman–Crippen MR) is 615 cm³/mol. The van der Waals surface area contributed by atoms with Gasteiger partial charge in [-0.15, -0.1) is 61.7 Å². The summed E-state index contributed by atoms with van der Waals surface area (Å²) in [5.74, 6) is 22.8. The van der Waals surface area contributed by atoms with Crippen molar-refractivity contribution in [3.05, 3.63) is 0 Å². The number of esters is 1. The van der Waals surface area contributed by atoms with Crippen molar-refractivity contribution in [2.24, 2.45) is 130 Å². The molecule has 141 heavy (non-hydrogen) atoms. The molecule has 0 aliphatic carbocycles. The maximum atomic E-state index is 12.6. The Morgan fingerprint density at radius 3 is 0.681 bits per heavy atom. The first-order chi connectivity index (χ1) is 64.3. The predicted octanol–water partition coefficient (Wildman–Crippen LogP) is 36.0. The molecule has 0 aliphatic heterocycles. The van der Waals surface area contributed by atoms with Crippen LogP contribution >= 0.6 is 0 Å². The average molecular weight is 2010 g/mol. The average Bonchev–Trinajstić information content (AvgIpc) is 0.948. The summed E-state index contributed by atoms with van der Waals surface area (Å²) >= 11 is 0. The summed E-state index contributed by atoms with van der Waals surface area (Å²) in [6.45, 7) is 107. The Kier molecular flexibility index (Phi) is 170. The fraction of sp³-hybridized carbons (Fsp3) is 0.824. The van der Waals surface area contributed by atoms with Crippen LogP contribution in [-0.2, 0) is 62.3 Å².